The SMILES string of the molecule is CC(Sc1ccc(O)cc1)(C(=O)O)C1CC1. The van der Waals surface area contributed by atoms with E-state index in [9.17, 15) is 9.90 Å². The molecule has 1 unspecified atom stereocenters. The van der Waals surface area contributed by atoms with E-state index in [0.717, 1.165) is 17.7 Å². The fraction of sp³-hybridized carbons (Fsp3) is 0.417. The summed E-state index contributed by atoms with van der Waals surface area (Å²) >= 11 is 1.37. The summed E-state index contributed by atoms with van der Waals surface area (Å²) in [5, 5.41) is 18.4. The highest BCUT2D eigenvalue weighted by atomic mass is 32.2. The van der Waals surface area contributed by atoms with Gasteiger partial charge < -0.3 is 10.2 Å². The molecule has 1 fully saturated rings. The molecule has 2 N–H and O–H groups in total. The molecule has 1 aromatic rings. The summed E-state index contributed by atoms with van der Waals surface area (Å²) in [6, 6.07) is 6.67. The third-order valence-corrected chi connectivity index (χ3v) is 4.39. The molecule has 2 rings (SSSR count). The number of aromatic hydroxyl groups is 1. The number of benzene rings is 1. The number of rotatable bonds is 4. The van der Waals surface area contributed by atoms with Crippen LogP contribution in [0.3, 0.4) is 0 Å². The average molecular weight is 238 g/mol. The number of phenols is 1. The largest absolute Gasteiger partial charge is 0.508 e. The lowest BCUT2D eigenvalue weighted by Crippen LogP contribution is -2.33. The molecule has 0 aromatic heterocycles. The molecule has 1 atom stereocenters. The van der Waals surface area contributed by atoms with E-state index in [0.29, 0.717) is 0 Å². The Balaban J connectivity index is 2.17. The second-order valence-electron chi connectivity index (χ2n) is 4.28. The summed E-state index contributed by atoms with van der Waals surface area (Å²) < 4.78 is -0.739. The van der Waals surface area contributed by atoms with Crippen LogP contribution in [0.2, 0.25) is 0 Å². The second kappa shape index (κ2) is 4.01. The molecular weight excluding hydrogens is 224 g/mol. The quantitative estimate of drug-likeness (QED) is 0.792. The highest BCUT2D eigenvalue weighted by molar-refractivity contribution is 8.01. The van der Waals surface area contributed by atoms with Gasteiger partial charge in [-0.3, -0.25) is 4.79 Å². The Kier molecular flexibility index (Phi) is 2.84. The van der Waals surface area contributed by atoms with Gasteiger partial charge in [0.25, 0.3) is 0 Å². The van der Waals surface area contributed by atoms with Gasteiger partial charge in [-0.05, 0) is 49.9 Å². The Morgan fingerprint density at radius 2 is 1.94 bits per heavy atom. The van der Waals surface area contributed by atoms with Gasteiger partial charge >= 0.3 is 5.97 Å². The van der Waals surface area contributed by atoms with Crippen molar-refractivity contribution in [2.24, 2.45) is 5.92 Å². The molecule has 0 saturated heterocycles. The fourth-order valence-electron chi connectivity index (χ4n) is 1.69. The van der Waals surface area contributed by atoms with E-state index in [1.807, 2.05) is 0 Å². The second-order valence-corrected chi connectivity index (χ2v) is 5.81. The molecule has 1 aromatic carbocycles. The summed E-state index contributed by atoms with van der Waals surface area (Å²) in [5.74, 6) is -0.287. The van der Waals surface area contributed by atoms with E-state index in [4.69, 9.17) is 5.11 Å². The molecule has 0 aliphatic heterocycles. The Bertz CT molecular complexity index is 397. The number of thioether (sulfide) groups is 1. The lowest BCUT2D eigenvalue weighted by atomic mass is 10.1. The van der Waals surface area contributed by atoms with Gasteiger partial charge in [0.1, 0.15) is 10.5 Å². The van der Waals surface area contributed by atoms with Crippen molar-refractivity contribution in [2.45, 2.75) is 29.4 Å². The van der Waals surface area contributed by atoms with Crippen molar-refractivity contribution in [2.75, 3.05) is 0 Å². The highest BCUT2D eigenvalue weighted by Crippen LogP contribution is 2.50. The molecule has 86 valence electrons. The molecule has 1 aliphatic carbocycles. The van der Waals surface area contributed by atoms with Gasteiger partial charge in [0.2, 0.25) is 0 Å². The van der Waals surface area contributed by atoms with E-state index in [1.165, 1.54) is 11.8 Å². The number of carbonyl (C=O) groups is 1. The summed E-state index contributed by atoms with van der Waals surface area (Å²) in [6.07, 6.45) is 1.99. The maximum atomic E-state index is 11.3. The molecule has 16 heavy (non-hydrogen) atoms. The third kappa shape index (κ3) is 2.16. The molecular formula is C12H14O3S. The topological polar surface area (TPSA) is 57.5 Å². The highest BCUT2D eigenvalue weighted by Gasteiger charge is 2.48. The lowest BCUT2D eigenvalue weighted by Gasteiger charge is -2.23. The van der Waals surface area contributed by atoms with Crippen LogP contribution in [-0.2, 0) is 4.79 Å². The average Bonchev–Trinajstić information content (AvgIpc) is 3.04. The Morgan fingerprint density at radius 3 is 2.38 bits per heavy atom. The minimum absolute atomic E-state index is 0.202. The van der Waals surface area contributed by atoms with Crippen LogP contribution < -0.4 is 0 Å². The smallest absolute Gasteiger partial charge is 0.320 e. The number of aliphatic carboxylic acids is 1. The van der Waals surface area contributed by atoms with Crippen LogP contribution in [0.25, 0.3) is 0 Å². The van der Waals surface area contributed by atoms with Gasteiger partial charge in [-0.2, -0.15) is 0 Å². The fourth-order valence-corrected chi connectivity index (χ4v) is 2.95. The zero-order chi connectivity index (χ0) is 11.8. The van der Waals surface area contributed by atoms with Crippen LogP contribution in [-0.4, -0.2) is 20.9 Å². The van der Waals surface area contributed by atoms with Crippen LogP contribution in [0.1, 0.15) is 19.8 Å². The van der Waals surface area contributed by atoms with E-state index in [-0.39, 0.29) is 11.7 Å². The first-order valence-electron chi connectivity index (χ1n) is 5.24. The molecule has 3 nitrogen and oxygen atoms in total. The van der Waals surface area contributed by atoms with Crippen molar-refractivity contribution >= 4 is 17.7 Å². The van der Waals surface area contributed by atoms with Gasteiger partial charge in [0.15, 0.2) is 0 Å². The van der Waals surface area contributed by atoms with Crippen molar-refractivity contribution in [3.05, 3.63) is 24.3 Å². The van der Waals surface area contributed by atoms with Crippen LogP contribution >= 0.6 is 11.8 Å². The van der Waals surface area contributed by atoms with Crippen LogP contribution in [0.15, 0.2) is 29.2 Å². The Morgan fingerprint density at radius 1 is 1.38 bits per heavy atom. The number of carboxylic acid groups (broad SMARTS) is 1. The Hall–Kier alpha value is -1.16. The van der Waals surface area contributed by atoms with Gasteiger partial charge in [0.05, 0.1) is 0 Å². The molecule has 0 amide bonds. The van der Waals surface area contributed by atoms with Crippen molar-refractivity contribution in [3.63, 3.8) is 0 Å². The van der Waals surface area contributed by atoms with Crippen LogP contribution in [0.5, 0.6) is 5.75 Å². The zero-order valence-corrected chi connectivity index (χ0v) is 9.83. The summed E-state index contributed by atoms with van der Waals surface area (Å²) in [5.41, 5.74) is 0. The minimum Gasteiger partial charge on any atom is -0.508 e. The molecule has 0 spiro atoms. The van der Waals surface area contributed by atoms with Gasteiger partial charge in [0, 0.05) is 4.90 Å². The number of carboxylic acids is 1. The molecule has 0 radical (unpaired) electrons. The molecule has 0 heterocycles. The first-order valence-corrected chi connectivity index (χ1v) is 6.05. The molecule has 1 aliphatic rings. The van der Waals surface area contributed by atoms with Gasteiger partial charge in [-0.25, -0.2) is 0 Å². The first kappa shape index (κ1) is 11.3. The predicted molar refractivity (Wildman–Crippen MR) is 62.7 cm³/mol. The van der Waals surface area contributed by atoms with Gasteiger partial charge in [-0.1, -0.05) is 0 Å². The number of hydrogen-bond acceptors (Lipinski definition) is 3. The Labute approximate surface area is 98.5 Å². The number of hydrogen-bond donors (Lipinski definition) is 2. The molecule has 4 heteroatoms. The molecule has 0 bridgehead atoms. The van der Waals surface area contributed by atoms with Crippen LogP contribution in [0, 0.1) is 5.92 Å². The summed E-state index contributed by atoms with van der Waals surface area (Å²) in [6.45, 7) is 1.78. The van der Waals surface area contributed by atoms with Crippen molar-refractivity contribution in [1.82, 2.24) is 0 Å². The van der Waals surface area contributed by atoms with Crippen molar-refractivity contribution in [1.29, 1.82) is 0 Å². The van der Waals surface area contributed by atoms with Gasteiger partial charge in [-0.15, -0.1) is 11.8 Å². The number of phenolic OH excluding ortho intramolecular Hbond substituents is 1. The monoisotopic (exact) mass is 238 g/mol. The molecule has 1 saturated carbocycles. The summed E-state index contributed by atoms with van der Waals surface area (Å²) in [7, 11) is 0. The van der Waals surface area contributed by atoms with E-state index in [1.54, 1.807) is 31.2 Å². The van der Waals surface area contributed by atoms with Crippen LogP contribution in [0.4, 0.5) is 0 Å². The third-order valence-electron chi connectivity index (χ3n) is 2.95. The van der Waals surface area contributed by atoms with Crippen molar-refractivity contribution < 1.29 is 15.0 Å². The first-order chi connectivity index (χ1) is 7.52. The van der Waals surface area contributed by atoms with E-state index in [2.05, 4.69) is 0 Å². The lowest BCUT2D eigenvalue weighted by molar-refractivity contribution is -0.139. The van der Waals surface area contributed by atoms with E-state index >= 15 is 0 Å². The minimum atomic E-state index is -0.756. The standard InChI is InChI=1S/C12H14O3S/c1-12(11(14)15,8-2-3-8)16-10-6-4-9(13)5-7-10/h4-8,13H,2-3H2,1H3,(H,14,15). The normalized spacial score (nSPS) is 19.1. The zero-order valence-electron chi connectivity index (χ0n) is 9.01. The summed E-state index contributed by atoms with van der Waals surface area (Å²) in [4.78, 5) is 12.2. The maximum Gasteiger partial charge on any atom is 0.320 e. The maximum absolute atomic E-state index is 11.3. The predicted octanol–water partition coefficient (Wildman–Crippen LogP) is 2.74. The van der Waals surface area contributed by atoms with E-state index < -0.39 is 10.7 Å². The van der Waals surface area contributed by atoms with Crippen molar-refractivity contribution in [3.8, 4) is 5.75 Å².